The summed E-state index contributed by atoms with van der Waals surface area (Å²) < 4.78 is 11.2. The number of rotatable bonds is 5. The Kier molecular flexibility index (Phi) is 6.92. The minimum atomic E-state index is -0.472. The van der Waals surface area contributed by atoms with Gasteiger partial charge in [-0.05, 0) is 50.1 Å². The second-order valence-electron chi connectivity index (χ2n) is 6.26. The highest BCUT2D eigenvalue weighted by Gasteiger charge is 2.31. The number of carbonyl (C=O) groups is 3. The maximum absolute atomic E-state index is 12.7. The lowest BCUT2D eigenvalue weighted by Gasteiger charge is -2.26. The SMILES string of the molecule is CCOC(=O)c1c(NC(=O)c2ccc(Br)cc2)sc2c1CCN(C(=O)OCC)C2. The molecule has 0 saturated heterocycles. The lowest BCUT2D eigenvalue weighted by molar-refractivity contribution is 0.0526. The Morgan fingerprint density at radius 2 is 1.83 bits per heavy atom. The Balaban J connectivity index is 1.90. The fourth-order valence-electron chi connectivity index (χ4n) is 3.06. The number of benzene rings is 1. The van der Waals surface area contributed by atoms with Crippen molar-refractivity contribution in [2.24, 2.45) is 0 Å². The van der Waals surface area contributed by atoms with E-state index in [1.807, 2.05) is 0 Å². The molecule has 0 spiro atoms. The molecule has 1 aromatic carbocycles. The van der Waals surface area contributed by atoms with Gasteiger partial charge < -0.3 is 19.7 Å². The van der Waals surface area contributed by atoms with E-state index in [1.54, 1.807) is 43.0 Å². The summed E-state index contributed by atoms with van der Waals surface area (Å²) in [4.78, 5) is 39.8. The van der Waals surface area contributed by atoms with E-state index in [9.17, 15) is 14.4 Å². The molecule has 154 valence electrons. The second-order valence-corrected chi connectivity index (χ2v) is 8.28. The van der Waals surface area contributed by atoms with Crippen LogP contribution < -0.4 is 5.32 Å². The van der Waals surface area contributed by atoms with Crippen LogP contribution in [0.5, 0.6) is 0 Å². The summed E-state index contributed by atoms with van der Waals surface area (Å²) in [6.07, 6.45) is 0.108. The molecule has 0 atom stereocenters. The van der Waals surface area contributed by atoms with Crippen LogP contribution in [-0.2, 0) is 22.4 Å². The van der Waals surface area contributed by atoms with Crippen LogP contribution in [0.25, 0.3) is 0 Å². The highest BCUT2D eigenvalue weighted by molar-refractivity contribution is 9.10. The maximum atomic E-state index is 12.7. The summed E-state index contributed by atoms with van der Waals surface area (Å²) in [6.45, 7) is 4.80. The van der Waals surface area contributed by atoms with Crippen LogP contribution in [0.15, 0.2) is 28.7 Å². The number of amides is 2. The van der Waals surface area contributed by atoms with E-state index in [0.717, 1.165) is 14.9 Å². The average molecular weight is 481 g/mol. The number of anilines is 1. The normalized spacial score (nSPS) is 12.9. The molecule has 2 amide bonds. The Hall–Kier alpha value is -2.39. The molecule has 0 fully saturated rings. The fraction of sp³-hybridized carbons (Fsp3) is 0.350. The first-order valence-electron chi connectivity index (χ1n) is 9.24. The van der Waals surface area contributed by atoms with Crippen molar-refractivity contribution in [1.82, 2.24) is 4.90 Å². The fourth-order valence-corrected chi connectivity index (χ4v) is 4.57. The van der Waals surface area contributed by atoms with Crippen molar-refractivity contribution in [3.63, 3.8) is 0 Å². The van der Waals surface area contributed by atoms with Gasteiger partial charge in [0.05, 0.1) is 25.3 Å². The Labute approximate surface area is 181 Å². The van der Waals surface area contributed by atoms with Crippen LogP contribution in [0.4, 0.5) is 9.80 Å². The second kappa shape index (κ2) is 9.41. The number of hydrogen-bond donors (Lipinski definition) is 1. The molecular weight excluding hydrogens is 460 g/mol. The van der Waals surface area contributed by atoms with Crippen LogP contribution in [0.1, 0.15) is 45.0 Å². The van der Waals surface area contributed by atoms with Crippen molar-refractivity contribution in [2.45, 2.75) is 26.8 Å². The third kappa shape index (κ3) is 4.79. The molecule has 1 aliphatic rings. The van der Waals surface area contributed by atoms with Crippen molar-refractivity contribution in [3.05, 3.63) is 50.3 Å². The molecule has 2 aromatic rings. The molecule has 1 aliphatic heterocycles. The van der Waals surface area contributed by atoms with Gasteiger partial charge in [-0.2, -0.15) is 0 Å². The van der Waals surface area contributed by atoms with Gasteiger partial charge in [-0.15, -0.1) is 11.3 Å². The van der Waals surface area contributed by atoms with E-state index in [0.29, 0.717) is 42.2 Å². The molecule has 9 heteroatoms. The summed E-state index contributed by atoms with van der Waals surface area (Å²) in [6, 6.07) is 6.94. The van der Waals surface area contributed by atoms with Crippen LogP contribution in [0.2, 0.25) is 0 Å². The summed E-state index contributed by atoms with van der Waals surface area (Å²) >= 11 is 4.63. The zero-order chi connectivity index (χ0) is 21.0. The van der Waals surface area contributed by atoms with Crippen LogP contribution in [0, 0.1) is 0 Å². The standard InChI is InChI=1S/C20H21BrN2O5S/c1-3-27-19(25)16-14-9-10-23(20(26)28-4-2)11-15(14)29-18(16)22-17(24)12-5-7-13(21)8-6-12/h5-8H,3-4,9-11H2,1-2H3,(H,22,24). The van der Waals surface area contributed by atoms with E-state index in [2.05, 4.69) is 21.2 Å². The first kappa shape index (κ1) is 21.3. The van der Waals surface area contributed by atoms with Crippen molar-refractivity contribution in [3.8, 4) is 0 Å². The van der Waals surface area contributed by atoms with Crippen LogP contribution in [0.3, 0.4) is 0 Å². The van der Waals surface area contributed by atoms with Gasteiger partial charge >= 0.3 is 12.1 Å². The number of halogens is 1. The van der Waals surface area contributed by atoms with Gasteiger partial charge in [0.25, 0.3) is 5.91 Å². The van der Waals surface area contributed by atoms with E-state index in [1.165, 1.54) is 11.3 Å². The number of ether oxygens (including phenoxy) is 2. The minimum Gasteiger partial charge on any atom is -0.462 e. The molecule has 0 unspecified atom stereocenters. The first-order chi connectivity index (χ1) is 13.9. The van der Waals surface area contributed by atoms with Gasteiger partial charge in [0.1, 0.15) is 5.00 Å². The van der Waals surface area contributed by atoms with E-state index < -0.39 is 5.97 Å². The van der Waals surface area contributed by atoms with Gasteiger partial charge in [-0.1, -0.05) is 15.9 Å². The largest absolute Gasteiger partial charge is 0.462 e. The number of fused-ring (bicyclic) bond motifs is 1. The number of hydrogen-bond acceptors (Lipinski definition) is 6. The quantitative estimate of drug-likeness (QED) is 0.638. The summed E-state index contributed by atoms with van der Waals surface area (Å²) in [5.41, 5.74) is 1.67. The molecule has 1 aromatic heterocycles. The minimum absolute atomic E-state index is 0.235. The highest BCUT2D eigenvalue weighted by Crippen LogP contribution is 2.38. The van der Waals surface area contributed by atoms with E-state index in [-0.39, 0.29) is 18.6 Å². The van der Waals surface area contributed by atoms with E-state index >= 15 is 0 Å². The summed E-state index contributed by atoms with van der Waals surface area (Å²) in [5.74, 6) is -0.787. The lowest BCUT2D eigenvalue weighted by atomic mass is 10.0. The molecular formula is C20H21BrN2O5S. The van der Waals surface area contributed by atoms with Crippen molar-refractivity contribution >= 4 is 50.2 Å². The van der Waals surface area contributed by atoms with Gasteiger partial charge in [-0.3, -0.25) is 4.79 Å². The lowest BCUT2D eigenvalue weighted by Crippen LogP contribution is -2.36. The Morgan fingerprint density at radius 3 is 2.48 bits per heavy atom. The average Bonchev–Trinajstić information content (AvgIpc) is 3.05. The van der Waals surface area contributed by atoms with Crippen molar-refractivity contribution in [2.75, 3.05) is 25.1 Å². The number of carbonyl (C=O) groups excluding carboxylic acids is 3. The van der Waals surface area contributed by atoms with Gasteiger partial charge in [-0.25, -0.2) is 9.59 Å². The molecule has 3 rings (SSSR count). The topological polar surface area (TPSA) is 84.9 Å². The van der Waals surface area contributed by atoms with Crippen LogP contribution >= 0.6 is 27.3 Å². The zero-order valence-corrected chi connectivity index (χ0v) is 18.5. The highest BCUT2D eigenvalue weighted by atomic mass is 79.9. The van der Waals surface area contributed by atoms with Gasteiger partial charge in [0, 0.05) is 21.5 Å². The maximum Gasteiger partial charge on any atom is 0.410 e. The Morgan fingerprint density at radius 1 is 1.14 bits per heavy atom. The molecule has 0 saturated carbocycles. The molecule has 7 nitrogen and oxygen atoms in total. The molecule has 2 heterocycles. The number of nitrogens with one attached hydrogen (secondary N) is 1. The summed E-state index contributed by atoms with van der Waals surface area (Å²) in [5, 5.41) is 3.28. The molecule has 1 N–H and O–H groups in total. The Bertz CT molecular complexity index is 926. The number of esters is 1. The van der Waals surface area contributed by atoms with Crippen molar-refractivity contribution < 1.29 is 23.9 Å². The number of thiophene rings is 1. The zero-order valence-electron chi connectivity index (χ0n) is 16.1. The van der Waals surface area contributed by atoms with Crippen molar-refractivity contribution in [1.29, 1.82) is 0 Å². The molecule has 29 heavy (non-hydrogen) atoms. The molecule has 0 bridgehead atoms. The predicted molar refractivity (Wildman–Crippen MR) is 114 cm³/mol. The van der Waals surface area contributed by atoms with Crippen LogP contribution in [-0.4, -0.2) is 42.6 Å². The third-order valence-corrected chi connectivity index (χ3v) is 6.06. The predicted octanol–water partition coefficient (Wildman–Crippen LogP) is 4.45. The molecule has 0 aliphatic carbocycles. The smallest absolute Gasteiger partial charge is 0.410 e. The van der Waals surface area contributed by atoms with E-state index in [4.69, 9.17) is 9.47 Å². The van der Waals surface area contributed by atoms with Gasteiger partial charge in [0.15, 0.2) is 0 Å². The monoisotopic (exact) mass is 480 g/mol. The van der Waals surface area contributed by atoms with Gasteiger partial charge in [0.2, 0.25) is 0 Å². The molecule has 0 radical (unpaired) electrons. The number of nitrogens with zero attached hydrogens (tertiary/aromatic N) is 1. The third-order valence-electron chi connectivity index (χ3n) is 4.40. The first-order valence-corrected chi connectivity index (χ1v) is 10.9. The summed E-state index contributed by atoms with van der Waals surface area (Å²) in [7, 11) is 0.